The summed E-state index contributed by atoms with van der Waals surface area (Å²) in [6.07, 6.45) is 7.80. The van der Waals surface area contributed by atoms with E-state index in [1.54, 1.807) is 42.4 Å². The second kappa shape index (κ2) is 12.6. The van der Waals surface area contributed by atoms with Crippen molar-refractivity contribution in [2.45, 2.75) is 31.5 Å². The highest BCUT2D eigenvalue weighted by Gasteiger charge is 2.16. The number of rotatable bonds is 11. The van der Waals surface area contributed by atoms with Crippen LogP contribution in [0.15, 0.2) is 88.8 Å². The highest BCUT2D eigenvalue weighted by molar-refractivity contribution is 9.10. The molecule has 0 bridgehead atoms. The Labute approximate surface area is 224 Å². The van der Waals surface area contributed by atoms with Gasteiger partial charge in [-0.25, -0.2) is 0 Å². The summed E-state index contributed by atoms with van der Waals surface area (Å²) in [4.78, 5) is 16.5. The maximum atomic E-state index is 12.4. The van der Waals surface area contributed by atoms with E-state index in [-0.39, 0.29) is 11.8 Å². The molecular weight excluding hydrogens is 536 g/mol. The van der Waals surface area contributed by atoms with Crippen LogP contribution in [0.5, 0.6) is 5.75 Å². The van der Waals surface area contributed by atoms with Crippen molar-refractivity contribution in [1.82, 2.24) is 19.7 Å². The number of carbonyl (C=O) groups excluding carboxylic acids is 1. The summed E-state index contributed by atoms with van der Waals surface area (Å²) >= 11 is 5.09. The quantitative estimate of drug-likeness (QED) is 0.0836. The Balaban J connectivity index is 1.25. The first-order chi connectivity index (χ1) is 17.5. The Morgan fingerprint density at radius 1 is 1.03 bits per heavy atom. The summed E-state index contributed by atoms with van der Waals surface area (Å²) in [6.45, 7) is 4.84. The lowest BCUT2D eigenvalue weighted by atomic mass is 10.1. The standard InChI is InChI=1S/C28H27BrN4O2S/c1-20(2)33-27(23-14-16-30-17-15-23)31-32-28(33)36-19-3-18-35-25-11-7-22(8-12-25)26(34)13-6-21-4-9-24(29)10-5-21/h4-17,20H,3,18-19H2,1-2H3/b13-6+. The number of aromatic nitrogens is 4. The zero-order valence-electron chi connectivity index (χ0n) is 20.2. The monoisotopic (exact) mass is 562 g/mol. The van der Waals surface area contributed by atoms with E-state index in [2.05, 4.69) is 49.5 Å². The minimum atomic E-state index is -0.0405. The Hall–Kier alpha value is -3.23. The first-order valence-corrected chi connectivity index (χ1v) is 13.5. The van der Waals surface area contributed by atoms with Gasteiger partial charge in [0.1, 0.15) is 5.75 Å². The fraction of sp³-hybridized carbons (Fsp3) is 0.214. The maximum absolute atomic E-state index is 12.4. The summed E-state index contributed by atoms with van der Waals surface area (Å²) in [5.74, 6) is 2.42. The van der Waals surface area contributed by atoms with Crippen molar-refractivity contribution >= 4 is 39.6 Å². The molecular formula is C28H27BrN4O2S. The van der Waals surface area contributed by atoms with Crippen molar-refractivity contribution < 1.29 is 9.53 Å². The van der Waals surface area contributed by atoms with Gasteiger partial charge in [-0.3, -0.25) is 14.3 Å². The molecule has 0 fully saturated rings. The summed E-state index contributed by atoms with van der Waals surface area (Å²) in [5, 5.41) is 9.72. The molecule has 0 radical (unpaired) electrons. The molecule has 36 heavy (non-hydrogen) atoms. The predicted octanol–water partition coefficient (Wildman–Crippen LogP) is 7.14. The average molecular weight is 564 g/mol. The van der Waals surface area contributed by atoms with Crippen molar-refractivity contribution in [1.29, 1.82) is 0 Å². The van der Waals surface area contributed by atoms with Crippen LogP contribution in [-0.4, -0.2) is 37.9 Å². The minimum Gasteiger partial charge on any atom is -0.494 e. The molecule has 0 aliphatic carbocycles. The molecule has 0 aliphatic heterocycles. The van der Waals surface area contributed by atoms with E-state index >= 15 is 0 Å². The molecule has 6 nitrogen and oxygen atoms in total. The fourth-order valence-electron chi connectivity index (χ4n) is 3.51. The predicted molar refractivity (Wildman–Crippen MR) is 148 cm³/mol. The average Bonchev–Trinajstić information content (AvgIpc) is 3.33. The number of hydrogen-bond donors (Lipinski definition) is 0. The molecule has 0 spiro atoms. The highest BCUT2D eigenvalue weighted by Crippen LogP contribution is 2.27. The maximum Gasteiger partial charge on any atom is 0.191 e. The van der Waals surface area contributed by atoms with Crippen LogP contribution in [0.2, 0.25) is 0 Å². The van der Waals surface area contributed by atoms with E-state index in [9.17, 15) is 4.79 Å². The van der Waals surface area contributed by atoms with Crippen molar-refractivity contribution in [3.05, 3.63) is 94.7 Å². The third kappa shape index (κ3) is 6.92. The van der Waals surface area contributed by atoms with Gasteiger partial charge in [-0.1, -0.05) is 45.9 Å². The van der Waals surface area contributed by atoms with Gasteiger partial charge in [-0.15, -0.1) is 10.2 Å². The number of hydrogen-bond acceptors (Lipinski definition) is 6. The first-order valence-electron chi connectivity index (χ1n) is 11.7. The van der Waals surface area contributed by atoms with Gasteiger partial charge >= 0.3 is 0 Å². The topological polar surface area (TPSA) is 69.9 Å². The molecule has 4 rings (SSSR count). The van der Waals surface area contributed by atoms with Crippen LogP contribution < -0.4 is 4.74 Å². The molecule has 2 aromatic heterocycles. The van der Waals surface area contributed by atoms with E-state index in [0.717, 1.165) is 44.5 Å². The Morgan fingerprint density at radius 2 is 1.75 bits per heavy atom. The molecule has 4 aromatic rings. The molecule has 184 valence electrons. The van der Waals surface area contributed by atoms with Gasteiger partial charge in [-0.2, -0.15) is 0 Å². The fourth-order valence-corrected chi connectivity index (χ4v) is 4.75. The van der Waals surface area contributed by atoms with Crippen molar-refractivity contribution in [2.24, 2.45) is 0 Å². The molecule has 0 amide bonds. The van der Waals surface area contributed by atoms with Gasteiger partial charge in [0.05, 0.1) is 6.61 Å². The summed E-state index contributed by atoms with van der Waals surface area (Å²) in [7, 11) is 0. The molecule has 8 heteroatoms. The van der Waals surface area contributed by atoms with Crippen LogP contribution in [0.3, 0.4) is 0 Å². The van der Waals surface area contributed by atoms with Gasteiger partial charge in [0.15, 0.2) is 16.8 Å². The van der Waals surface area contributed by atoms with E-state index in [4.69, 9.17) is 4.74 Å². The van der Waals surface area contributed by atoms with Crippen LogP contribution in [0.25, 0.3) is 17.5 Å². The number of benzene rings is 2. The number of pyridine rings is 1. The molecule has 2 aromatic carbocycles. The van der Waals surface area contributed by atoms with Crippen molar-refractivity contribution in [3.63, 3.8) is 0 Å². The number of thioether (sulfide) groups is 1. The Kier molecular flexibility index (Phi) is 9.08. The van der Waals surface area contributed by atoms with Gasteiger partial charge in [0.2, 0.25) is 0 Å². The Bertz CT molecular complexity index is 1300. The third-order valence-corrected chi connectivity index (χ3v) is 6.90. The van der Waals surface area contributed by atoms with Gasteiger partial charge in [-0.05, 0) is 80.4 Å². The molecule has 2 heterocycles. The normalized spacial score (nSPS) is 11.3. The number of allylic oxidation sites excluding steroid dienone is 1. The van der Waals surface area contributed by atoms with E-state index in [1.807, 2.05) is 54.6 Å². The minimum absolute atomic E-state index is 0.0405. The molecule has 0 N–H and O–H groups in total. The molecule has 0 unspecified atom stereocenters. The van der Waals surface area contributed by atoms with Crippen LogP contribution in [0.1, 0.15) is 42.2 Å². The highest BCUT2D eigenvalue weighted by atomic mass is 79.9. The Morgan fingerprint density at radius 3 is 2.44 bits per heavy atom. The molecule has 0 saturated carbocycles. The zero-order valence-corrected chi connectivity index (χ0v) is 22.6. The lowest BCUT2D eigenvalue weighted by Crippen LogP contribution is -2.06. The van der Waals surface area contributed by atoms with Crippen LogP contribution in [0.4, 0.5) is 0 Å². The molecule has 0 aliphatic rings. The number of halogens is 1. The van der Waals surface area contributed by atoms with E-state index in [1.165, 1.54) is 0 Å². The van der Waals surface area contributed by atoms with E-state index < -0.39 is 0 Å². The SMILES string of the molecule is CC(C)n1c(SCCCOc2ccc(C(=O)/C=C/c3ccc(Br)cc3)cc2)nnc1-c1ccncc1. The number of carbonyl (C=O) groups is 1. The molecule has 0 saturated heterocycles. The van der Waals surface area contributed by atoms with Crippen molar-refractivity contribution in [2.75, 3.05) is 12.4 Å². The second-order valence-electron chi connectivity index (χ2n) is 8.33. The third-order valence-electron chi connectivity index (χ3n) is 5.34. The largest absolute Gasteiger partial charge is 0.494 e. The zero-order chi connectivity index (χ0) is 25.3. The molecule has 0 atom stereocenters. The number of nitrogens with zero attached hydrogens (tertiary/aromatic N) is 4. The summed E-state index contributed by atoms with van der Waals surface area (Å²) < 4.78 is 9.04. The van der Waals surface area contributed by atoms with Crippen LogP contribution in [0, 0.1) is 0 Å². The van der Waals surface area contributed by atoms with Crippen LogP contribution in [-0.2, 0) is 0 Å². The summed E-state index contributed by atoms with van der Waals surface area (Å²) in [5.41, 5.74) is 2.61. The van der Waals surface area contributed by atoms with Crippen molar-refractivity contribution in [3.8, 4) is 17.1 Å². The van der Waals surface area contributed by atoms with Gasteiger partial charge in [0.25, 0.3) is 0 Å². The lowest BCUT2D eigenvalue weighted by molar-refractivity contribution is 0.104. The number of ether oxygens (including phenoxy) is 1. The van der Waals surface area contributed by atoms with E-state index in [0.29, 0.717) is 12.2 Å². The first kappa shape index (κ1) is 25.9. The number of ketones is 1. The second-order valence-corrected chi connectivity index (χ2v) is 10.3. The smallest absolute Gasteiger partial charge is 0.191 e. The lowest BCUT2D eigenvalue weighted by Gasteiger charge is -2.13. The van der Waals surface area contributed by atoms with Gasteiger partial charge in [0, 0.05) is 39.8 Å². The summed E-state index contributed by atoms with van der Waals surface area (Å²) in [6, 6.07) is 19.2. The van der Waals surface area contributed by atoms with Gasteiger partial charge < -0.3 is 4.74 Å². The van der Waals surface area contributed by atoms with Crippen LogP contribution >= 0.6 is 27.7 Å².